The normalized spacial score (nSPS) is 10.4. The topological polar surface area (TPSA) is 81.1 Å². The third kappa shape index (κ3) is 4.14. The highest BCUT2D eigenvalue weighted by Gasteiger charge is 2.13. The molecule has 0 bridgehead atoms. The molecule has 1 amide bonds. The molecule has 1 aromatic heterocycles. The largest absolute Gasteiger partial charge is 0.324 e. The van der Waals surface area contributed by atoms with Crippen molar-refractivity contribution in [2.24, 2.45) is 0 Å². The van der Waals surface area contributed by atoms with Crippen molar-refractivity contribution < 1.29 is 14.0 Å². The molecule has 2 aromatic carbocycles. The number of rotatable bonds is 5. The van der Waals surface area contributed by atoms with Crippen LogP contribution in [-0.4, -0.2) is 21.5 Å². The van der Waals surface area contributed by atoms with Gasteiger partial charge in [0.1, 0.15) is 12.4 Å². The van der Waals surface area contributed by atoms with Crippen molar-refractivity contribution in [2.75, 3.05) is 5.32 Å². The van der Waals surface area contributed by atoms with Crippen LogP contribution in [0.15, 0.2) is 65.5 Å². The first-order chi connectivity index (χ1) is 13.0. The molecule has 1 N–H and O–H groups in total. The third-order valence-corrected chi connectivity index (χ3v) is 3.89. The van der Waals surface area contributed by atoms with Crippen molar-refractivity contribution in [1.29, 1.82) is 0 Å². The molecule has 0 aliphatic heterocycles. The van der Waals surface area contributed by atoms with Gasteiger partial charge in [-0.05, 0) is 37.3 Å². The second-order valence-electron chi connectivity index (χ2n) is 5.84. The number of amides is 1. The molecular weight excluding hydrogens is 349 g/mol. The van der Waals surface area contributed by atoms with Crippen molar-refractivity contribution in [3.8, 4) is 11.3 Å². The van der Waals surface area contributed by atoms with Gasteiger partial charge in [0, 0.05) is 17.2 Å². The molecule has 0 atom stereocenters. The van der Waals surface area contributed by atoms with Crippen LogP contribution in [0.3, 0.4) is 0 Å². The number of aromatic nitrogens is 2. The van der Waals surface area contributed by atoms with E-state index in [-0.39, 0.29) is 23.6 Å². The lowest BCUT2D eigenvalue weighted by atomic mass is 10.1. The van der Waals surface area contributed by atoms with E-state index in [9.17, 15) is 18.8 Å². The first kappa shape index (κ1) is 18.2. The molecule has 3 aromatic rings. The van der Waals surface area contributed by atoms with Gasteiger partial charge in [0.15, 0.2) is 5.78 Å². The molecule has 0 saturated heterocycles. The first-order valence-electron chi connectivity index (χ1n) is 8.18. The summed E-state index contributed by atoms with van der Waals surface area (Å²) in [7, 11) is 0. The van der Waals surface area contributed by atoms with E-state index >= 15 is 0 Å². The number of anilines is 1. The molecule has 3 rings (SSSR count). The molecule has 7 heteroatoms. The quantitative estimate of drug-likeness (QED) is 0.705. The third-order valence-electron chi connectivity index (χ3n) is 3.89. The second kappa shape index (κ2) is 7.74. The minimum atomic E-state index is -0.524. The van der Waals surface area contributed by atoms with Crippen molar-refractivity contribution >= 4 is 17.4 Å². The number of benzene rings is 2. The van der Waals surface area contributed by atoms with Gasteiger partial charge >= 0.3 is 0 Å². The van der Waals surface area contributed by atoms with Gasteiger partial charge in [-0.15, -0.1) is 0 Å². The van der Waals surface area contributed by atoms with Crippen molar-refractivity contribution in [2.45, 2.75) is 13.5 Å². The summed E-state index contributed by atoms with van der Waals surface area (Å²) in [5.74, 6) is -1.19. The average Bonchev–Trinajstić information content (AvgIpc) is 2.64. The molecule has 27 heavy (non-hydrogen) atoms. The highest BCUT2D eigenvalue weighted by molar-refractivity contribution is 6.03. The van der Waals surface area contributed by atoms with Crippen LogP contribution in [0, 0.1) is 5.82 Å². The van der Waals surface area contributed by atoms with Crippen LogP contribution in [0.4, 0.5) is 10.1 Å². The molecule has 0 saturated carbocycles. The van der Waals surface area contributed by atoms with E-state index in [1.165, 1.54) is 31.2 Å². The van der Waals surface area contributed by atoms with Crippen LogP contribution in [0.2, 0.25) is 0 Å². The van der Waals surface area contributed by atoms with Crippen LogP contribution in [0.5, 0.6) is 0 Å². The Morgan fingerprint density at radius 2 is 1.74 bits per heavy atom. The minimum Gasteiger partial charge on any atom is -0.324 e. The second-order valence-corrected chi connectivity index (χ2v) is 5.84. The van der Waals surface area contributed by atoms with E-state index in [2.05, 4.69) is 10.4 Å². The number of hydrogen-bond acceptors (Lipinski definition) is 4. The number of nitrogens with one attached hydrogen (secondary N) is 1. The Morgan fingerprint density at radius 1 is 1.04 bits per heavy atom. The minimum absolute atomic E-state index is 0.192. The van der Waals surface area contributed by atoms with E-state index < -0.39 is 17.3 Å². The SMILES string of the molecule is CC(=O)c1ccccc1NC(=O)Cn1nc(-c2ccccc2F)ccc1=O. The van der Waals surface area contributed by atoms with Crippen LogP contribution in [-0.2, 0) is 11.3 Å². The van der Waals surface area contributed by atoms with Gasteiger partial charge in [-0.3, -0.25) is 14.4 Å². The van der Waals surface area contributed by atoms with Crippen molar-refractivity contribution in [3.63, 3.8) is 0 Å². The van der Waals surface area contributed by atoms with Gasteiger partial charge in [-0.25, -0.2) is 9.07 Å². The van der Waals surface area contributed by atoms with Crippen molar-refractivity contribution in [1.82, 2.24) is 9.78 Å². The molecule has 0 aliphatic rings. The van der Waals surface area contributed by atoms with Crippen molar-refractivity contribution in [3.05, 3.63) is 82.4 Å². The summed E-state index contributed by atoms with van der Waals surface area (Å²) in [4.78, 5) is 36.0. The van der Waals surface area contributed by atoms with E-state index in [1.807, 2.05) is 0 Å². The predicted octanol–water partition coefficient (Wildman–Crippen LogP) is 2.89. The summed E-state index contributed by atoms with van der Waals surface area (Å²) in [6.07, 6.45) is 0. The lowest BCUT2D eigenvalue weighted by molar-refractivity contribution is -0.117. The summed E-state index contributed by atoms with van der Waals surface area (Å²) < 4.78 is 14.9. The van der Waals surface area contributed by atoms with Gasteiger partial charge in [0.05, 0.1) is 11.4 Å². The summed E-state index contributed by atoms with van der Waals surface area (Å²) in [5, 5.41) is 6.68. The highest BCUT2D eigenvalue weighted by Crippen LogP contribution is 2.19. The number of Topliss-reactive ketones (excluding diaryl/α,β-unsaturated/α-hetero) is 1. The van der Waals surface area contributed by atoms with Gasteiger partial charge in [0.2, 0.25) is 5.91 Å². The Balaban J connectivity index is 1.85. The molecular formula is C20H16FN3O3. The maximum Gasteiger partial charge on any atom is 0.267 e. The number of hydrogen-bond donors (Lipinski definition) is 1. The predicted molar refractivity (Wildman–Crippen MR) is 99.0 cm³/mol. The molecule has 0 spiro atoms. The molecule has 0 radical (unpaired) electrons. The summed E-state index contributed by atoms with van der Waals surface area (Å²) in [6, 6.07) is 15.2. The number of halogens is 1. The fourth-order valence-electron chi connectivity index (χ4n) is 2.60. The first-order valence-corrected chi connectivity index (χ1v) is 8.18. The Labute approximate surface area is 154 Å². The molecule has 0 unspecified atom stereocenters. The van der Waals surface area contributed by atoms with E-state index in [0.29, 0.717) is 11.3 Å². The standard InChI is InChI=1S/C20H16FN3O3/c1-13(25)14-6-3-5-9-17(14)22-19(26)12-24-20(27)11-10-18(23-24)15-7-2-4-8-16(15)21/h2-11H,12H2,1H3,(H,22,26). The molecule has 1 heterocycles. The Kier molecular flexibility index (Phi) is 5.21. The zero-order chi connectivity index (χ0) is 19.4. The maximum absolute atomic E-state index is 13.9. The van der Waals surface area contributed by atoms with Crippen LogP contribution >= 0.6 is 0 Å². The fourth-order valence-corrected chi connectivity index (χ4v) is 2.60. The van der Waals surface area contributed by atoms with Crippen LogP contribution < -0.4 is 10.9 Å². The van der Waals surface area contributed by atoms with E-state index in [0.717, 1.165) is 4.68 Å². The number of nitrogens with zero attached hydrogens (tertiary/aromatic N) is 2. The summed E-state index contributed by atoms with van der Waals surface area (Å²) in [5.41, 5.74) is 0.697. The van der Waals surface area contributed by atoms with Crippen LogP contribution in [0.1, 0.15) is 17.3 Å². The monoisotopic (exact) mass is 365 g/mol. The lowest BCUT2D eigenvalue weighted by Gasteiger charge is -2.10. The van der Waals surface area contributed by atoms with E-state index in [1.54, 1.807) is 36.4 Å². The Hall–Kier alpha value is -3.61. The number of carbonyl (C=O) groups is 2. The maximum atomic E-state index is 13.9. The average molecular weight is 365 g/mol. The lowest BCUT2D eigenvalue weighted by Crippen LogP contribution is -2.29. The molecule has 6 nitrogen and oxygen atoms in total. The molecule has 0 fully saturated rings. The number of ketones is 1. The highest BCUT2D eigenvalue weighted by atomic mass is 19.1. The number of carbonyl (C=O) groups excluding carboxylic acids is 2. The fraction of sp³-hybridized carbons (Fsp3) is 0.100. The van der Waals surface area contributed by atoms with Gasteiger partial charge in [-0.1, -0.05) is 24.3 Å². The van der Waals surface area contributed by atoms with Gasteiger partial charge in [-0.2, -0.15) is 5.10 Å². The number of para-hydroxylation sites is 1. The summed E-state index contributed by atoms with van der Waals surface area (Å²) in [6.45, 7) is 1.03. The Bertz CT molecular complexity index is 1080. The zero-order valence-electron chi connectivity index (χ0n) is 14.5. The molecule has 0 aliphatic carbocycles. The summed E-state index contributed by atoms with van der Waals surface area (Å²) >= 11 is 0. The smallest absolute Gasteiger partial charge is 0.267 e. The van der Waals surface area contributed by atoms with Crippen LogP contribution in [0.25, 0.3) is 11.3 Å². The molecule has 136 valence electrons. The van der Waals surface area contributed by atoms with E-state index in [4.69, 9.17) is 0 Å². The Morgan fingerprint density at radius 3 is 2.48 bits per heavy atom. The zero-order valence-corrected chi connectivity index (χ0v) is 14.5. The van der Waals surface area contributed by atoms with Gasteiger partial charge < -0.3 is 5.32 Å². The van der Waals surface area contributed by atoms with Gasteiger partial charge in [0.25, 0.3) is 5.56 Å².